The van der Waals surface area contributed by atoms with Gasteiger partial charge in [0.1, 0.15) is 5.82 Å². The lowest BCUT2D eigenvalue weighted by molar-refractivity contribution is -0.384. The smallest absolute Gasteiger partial charge is 0.269 e. The number of halogens is 2. The first-order valence-electron chi connectivity index (χ1n) is 5.83. The largest absolute Gasteiger partial charge is 0.388 e. The number of nitro groups is 1. The van der Waals surface area contributed by atoms with Gasteiger partial charge in [0.2, 0.25) is 0 Å². The van der Waals surface area contributed by atoms with Gasteiger partial charge in [-0.2, -0.15) is 0 Å². The molecule has 6 heteroatoms. The van der Waals surface area contributed by atoms with E-state index in [1.54, 1.807) is 12.1 Å². The van der Waals surface area contributed by atoms with E-state index in [0.29, 0.717) is 16.5 Å². The Balaban J connectivity index is 2.14. The highest BCUT2D eigenvalue weighted by Gasteiger charge is 2.13. The van der Waals surface area contributed by atoms with Crippen LogP contribution >= 0.6 is 15.9 Å². The summed E-state index contributed by atoms with van der Waals surface area (Å²) in [7, 11) is 0. The molecule has 2 rings (SSSR count). The number of benzene rings is 2. The Kier molecular flexibility index (Phi) is 4.46. The van der Waals surface area contributed by atoms with Crippen LogP contribution in [0.5, 0.6) is 0 Å². The Labute approximate surface area is 123 Å². The molecule has 0 amide bonds. The maximum absolute atomic E-state index is 13.0. The molecule has 0 fully saturated rings. The van der Waals surface area contributed by atoms with Crippen LogP contribution in [-0.2, 0) is 6.42 Å². The van der Waals surface area contributed by atoms with Crippen LogP contribution in [0.2, 0.25) is 0 Å². The summed E-state index contributed by atoms with van der Waals surface area (Å²) < 4.78 is 13.5. The highest BCUT2D eigenvalue weighted by Crippen LogP contribution is 2.27. The second kappa shape index (κ2) is 6.11. The molecule has 0 radical (unpaired) electrons. The molecule has 104 valence electrons. The second-order valence-electron chi connectivity index (χ2n) is 4.31. The van der Waals surface area contributed by atoms with Crippen molar-refractivity contribution in [3.8, 4) is 0 Å². The van der Waals surface area contributed by atoms with Crippen molar-refractivity contribution in [3.63, 3.8) is 0 Å². The van der Waals surface area contributed by atoms with Gasteiger partial charge in [0.05, 0.1) is 11.0 Å². The third-order valence-corrected chi connectivity index (χ3v) is 3.58. The molecule has 2 aromatic rings. The van der Waals surface area contributed by atoms with Crippen LogP contribution in [0, 0.1) is 15.9 Å². The molecule has 0 bridgehead atoms. The summed E-state index contributed by atoms with van der Waals surface area (Å²) >= 11 is 3.20. The zero-order valence-corrected chi connectivity index (χ0v) is 11.9. The molecule has 4 nitrogen and oxygen atoms in total. The van der Waals surface area contributed by atoms with Crippen molar-refractivity contribution in [2.75, 3.05) is 0 Å². The minimum Gasteiger partial charge on any atom is -0.388 e. The highest BCUT2D eigenvalue weighted by molar-refractivity contribution is 9.10. The SMILES string of the molecule is O=[N+]([O-])c1ccc(CC(O)c2ccc(F)cc2Br)cc1. The minimum atomic E-state index is -0.813. The number of hydrogen-bond donors (Lipinski definition) is 1. The standard InChI is InChI=1S/C14H11BrFNO3/c15-13-8-10(16)3-6-12(13)14(18)7-9-1-4-11(5-2-9)17(19)20/h1-6,8,14,18H,7H2. The second-order valence-corrected chi connectivity index (χ2v) is 5.16. The first-order valence-corrected chi connectivity index (χ1v) is 6.63. The first-order chi connectivity index (χ1) is 9.47. The normalized spacial score (nSPS) is 12.2. The van der Waals surface area contributed by atoms with Gasteiger partial charge >= 0.3 is 0 Å². The molecular formula is C14H11BrFNO3. The number of hydrogen-bond acceptors (Lipinski definition) is 3. The van der Waals surface area contributed by atoms with E-state index >= 15 is 0 Å². The molecule has 0 heterocycles. The summed E-state index contributed by atoms with van der Waals surface area (Å²) in [5.74, 6) is -0.386. The van der Waals surface area contributed by atoms with Crippen molar-refractivity contribution in [2.24, 2.45) is 0 Å². The number of aliphatic hydroxyl groups is 1. The molecule has 0 aromatic heterocycles. The van der Waals surface area contributed by atoms with Crippen molar-refractivity contribution >= 4 is 21.6 Å². The van der Waals surface area contributed by atoms with Gasteiger partial charge in [-0.05, 0) is 23.3 Å². The Bertz CT molecular complexity index is 631. The predicted octanol–water partition coefficient (Wildman–Crippen LogP) is 3.77. The van der Waals surface area contributed by atoms with Gasteiger partial charge in [0, 0.05) is 23.0 Å². The Morgan fingerprint density at radius 1 is 1.25 bits per heavy atom. The van der Waals surface area contributed by atoms with E-state index in [1.807, 2.05) is 0 Å². The molecule has 1 N–H and O–H groups in total. The fraction of sp³-hybridized carbons (Fsp3) is 0.143. The number of non-ortho nitro benzene ring substituents is 1. The van der Waals surface area contributed by atoms with Crippen molar-refractivity contribution in [2.45, 2.75) is 12.5 Å². The topological polar surface area (TPSA) is 63.4 Å². The number of rotatable bonds is 4. The van der Waals surface area contributed by atoms with Crippen LogP contribution in [0.1, 0.15) is 17.2 Å². The molecule has 2 aromatic carbocycles. The van der Waals surface area contributed by atoms with Crippen LogP contribution < -0.4 is 0 Å². The average molecular weight is 340 g/mol. The quantitative estimate of drug-likeness (QED) is 0.681. The molecule has 0 aliphatic rings. The van der Waals surface area contributed by atoms with Gasteiger partial charge < -0.3 is 5.11 Å². The molecule has 1 atom stereocenters. The zero-order chi connectivity index (χ0) is 14.7. The summed E-state index contributed by atoms with van der Waals surface area (Å²) in [4.78, 5) is 10.1. The van der Waals surface area contributed by atoms with E-state index in [4.69, 9.17) is 0 Å². The maximum Gasteiger partial charge on any atom is 0.269 e. The van der Waals surface area contributed by atoms with Gasteiger partial charge in [0.15, 0.2) is 0 Å². The van der Waals surface area contributed by atoms with Crippen molar-refractivity contribution in [1.82, 2.24) is 0 Å². The first kappa shape index (κ1) is 14.6. The number of aliphatic hydroxyl groups excluding tert-OH is 1. The lowest BCUT2D eigenvalue weighted by Gasteiger charge is -2.13. The van der Waals surface area contributed by atoms with Crippen molar-refractivity contribution in [3.05, 3.63) is 74.0 Å². The van der Waals surface area contributed by atoms with E-state index < -0.39 is 11.0 Å². The Morgan fingerprint density at radius 3 is 2.45 bits per heavy atom. The van der Waals surface area contributed by atoms with E-state index in [-0.39, 0.29) is 11.5 Å². The van der Waals surface area contributed by atoms with Crippen molar-refractivity contribution in [1.29, 1.82) is 0 Å². The molecule has 20 heavy (non-hydrogen) atoms. The van der Waals surface area contributed by atoms with E-state index in [0.717, 1.165) is 5.56 Å². The molecule has 0 saturated carbocycles. The summed E-state index contributed by atoms with van der Waals surface area (Å²) in [5.41, 5.74) is 1.34. The summed E-state index contributed by atoms with van der Waals surface area (Å²) in [6, 6.07) is 10.0. The Morgan fingerprint density at radius 2 is 1.90 bits per heavy atom. The monoisotopic (exact) mass is 339 g/mol. The average Bonchev–Trinajstić information content (AvgIpc) is 2.39. The van der Waals surface area contributed by atoms with E-state index in [9.17, 15) is 19.6 Å². The summed E-state index contributed by atoms with van der Waals surface area (Å²) in [6.45, 7) is 0. The molecule has 0 aliphatic carbocycles. The van der Waals surface area contributed by atoms with Crippen LogP contribution in [0.15, 0.2) is 46.9 Å². The Hall–Kier alpha value is -1.79. The molecule has 1 unspecified atom stereocenters. The number of nitro benzene ring substituents is 1. The van der Waals surface area contributed by atoms with Crippen LogP contribution in [0.3, 0.4) is 0 Å². The number of nitrogens with zero attached hydrogens (tertiary/aromatic N) is 1. The van der Waals surface area contributed by atoms with Gasteiger partial charge in [-0.25, -0.2) is 4.39 Å². The van der Waals surface area contributed by atoms with Crippen LogP contribution in [0.25, 0.3) is 0 Å². The molecule has 0 saturated heterocycles. The third kappa shape index (κ3) is 3.40. The van der Waals surface area contributed by atoms with Gasteiger partial charge in [-0.3, -0.25) is 10.1 Å². The molecule has 0 spiro atoms. The van der Waals surface area contributed by atoms with Crippen LogP contribution in [0.4, 0.5) is 10.1 Å². The fourth-order valence-electron chi connectivity index (χ4n) is 1.86. The maximum atomic E-state index is 13.0. The van der Waals surface area contributed by atoms with Crippen molar-refractivity contribution < 1.29 is 14.4 Å². The summed E-state index contributed by atoms with van der Waals surface area (Å²) in [5, 5.41) is 20.7. The lowest BCUT2D eigenvalue weighted by atomic mass is 10.0. The van der Waals surface area contributed by atoms with Gasteiger partial charge in [0.25, 0.3) is 5.69 Å². The predicted molar refractivity (Wildman–Crippen MR) is 75.9 cm³/mol. The highest BCUT2D eigenvalue weighted by atomic mass is 79.9. The fourth-order valence-corrected chi connectivity index (χ4v) is 2.47. The molecular weight excluding hydrogens is 329 g/mol. The van der Waals surface area contributed by atoms with Gasteiger partial charge in [-0.1, -0.05) is 34.1 Å². The summed E-state index contributed by atoms with van der Waals surface area (Å²) in [6.07, 6.45) is -0.520. The molecule has 0 aliphatic heterocycles. The third-order valence-electron chi connectivity index (χ3n) is 2.90. The zero-order valence-electron chi connectivity index (χ0n) is 10.3. The van der Waals surface area contributed by atoms with Gasteiger partial charge in [-0.15, -0.1) is 0 Å². The van der Waals surface area contributed by atoms with E-state index in [2.05, 4.69) is 15.9 Å². The van der Waals surface area contributed by atoms with E-state index in [1.165, 1.54) is 30.3 Å². The van der Waals surface area contributed by atoms with Crippen LogP contribution in [-0.4, -0.2) is 10.0 Å². The minimum absolute atomic E-state index is 0.00574. The lowest BCUT2D eigenvalue weighted by Crippen LogP contribution is -2.03.